The summed E-state index contributed by atoms with van der Waals surface area (Å²) < 4.78 is 11.6. The van der Waals surface area contributed by atoms with Gasteiger partial charge in [0.2, 0.25) is 0 Å². The molecule has 26 heavy (non-hydrogen) atoms. The normalized spacial score (nSPS) is 14.2. The second kappa shape index (κ2) is 6.90. The molecule has 2 aliphatic rings. The predicted molar refractivity (Wildman–Crippen MR) is 101 cm³/mol. The zero-order valence-electron chi connectivity index (χ0n) is 15.3. The minimum absolute atomic E-state index is 0.177. The molecule has 0 aliphatic carbocycles. The number of aryl methyl sites for hydroxylation is 2. The number of carbonyl (C=O) groups is 1. The number of fused-ring (bicyclic) bond motifs is 2. The van der Waals surface area contributed by atoms with E-state index < -0.39 is 0 Å². The van der Waals surface area contributed by atoms with E-state index in [1.54, 1.807) is 0 Å². The molecule has 2 heterocycles. The highest BCUT2D eigenvalue weighted by Gasteiger charge is 2.26. The molecule has 0 saturated heterocycles. The molecule has 2 aliphatic heterocycles. The van der Waals surface area contributed by atoms with Crippen molar-refractivity contribution in [2.24, 2.45) is 0 Å². The second-order valence-electron chi connectivity index (χ2n) is 6.91. The van der Waals surface area contributed by atoms with Crippen molar-refractivity contribution in [2.45, 2.75) is 33.1 Å². The maximum Gasteiger partial charge on any atom is 0.319 e. The molecule has 0 spiro atoms. The minimum Gasteiger partial charge on any atom is -0.493 e. The molecule has 136 valence electrons. The summed E-state index contributed by atoms with van der Waals surface area (Å²) in [5.74, 6) is 2.00. The Labute approximate surface area is 153 Å². The first-order valence-electron chi connectivity index (χ1n) is 9.18. The van der Waals surface area contributed by atoms with Crippen LogP contribution in [0, 0.1) is 13.8 Å². The van der Waals surface area contributed by atoms with Crippen molar-refractivity contribution >= 4 is 11.7 Å². The van der Waals surface area contributed by atoms with Gasteiger partial charge in [-0.05, 0) is 37.5 Å². The Morgan fingerprint density at radius 2 is 1.88 bits per heavy atom. The smallest absolute Gasteiger partial charge is 0.319 e. The first-order valence-corrected chi connectivity index (χ1v) is 9.18. The third kappa shape index (κ3) is 3.09. The van der Waals surface area contributed by atoms with Gasteiger partial charge in [-0.15, -0.1) is 0 Å². The van der Waals surface area contributed by atoms with Gasteiger partial charge < -0.3 is 20.1 Å². The van der Waals surface area contributed by atoms with Crippen LogP contribution in [0.3, 0.4) is 0 Å². The van der Waals surface area contributed by atoms with Crippen LogP contribution in [0.25, 0.3) is 0 Å². The van der Waals surface area contributed by atoms with Gasteiger partial charge in [0, 0.05) is 41.8 Å². The van der Waals surface area contributed by atoms with Gasteiger partial charge in [0.05, 0.1) is 13.2 Å². The van der Waals surface area contributed by atoms with E-state index >= 15 is 0 Å². The molecule has 2 aromatic rings. The number of para-hydroxylation sites is 1. The number of amides is 2. The molecule has 0 saturated carbocycles. The molecule has 5 nitrogen and oxygen atoms in total. The van der Waals surface area contributed by atoms with Crippen LogP contribution in [-0.4, -0.2) is 25.8 Å². The number of hydrogen-bond donors (Lipinski definition) is 2. The van der Waals surface area contributed by atoms with E-state index in [4.69, 9.17) is 9.47 Å². The lowest BCUT2D eigenvalue weighted by Crippen LogP contribution is -2.31. The maximum absolute atomic E-state index is 12.3. The van der Waals surface area contributed by atoms with Gasteiger partial charge in [0.1, 0.15) is 11.5 Å². The molecule has 4 rings (SSSR count). The molecule has 0 unspecified atom stereocenters. The van der Waals surface area contributed by atoms with Crippen molar-refractivity contribution in [3.8, 4) is 11.5 Å². The summed E-state index contributed by atoms with van der Waals surface area (Å²) in [6, 6.07) is 7.93. The molecule has 0 atom stereocenters. The number of benzene rings is 2. The Bertz CT molecular complexity index is 808. The summed E-state index contributed by atoms with van der Waals surface area (Å²) in [5.41, 5.74) is 6.65. The first-order chi connectivity index (χ1) is 12.6. The minimum atomic E-state index is -0.177. The van der Waals surface area contributed by atoms with E-state index in [0.717, 1.165) is 60.8 Å². The summed E-state index contributed by atoms with van der Waals surface area (Å²) >= 11 is 0. The molecule has 2 aromatic carbocycles. The standard InChI is InChI=1S/C21H24N2O3/c1-13-4-3-5-14(2)19(13)23-21(24)22-9-6-17-16-8-11-25-18(16)12-15-7-10-26-20(15)17/h3-5,12H,6-11H2,1-2H3,(H2,22,23,24). The summed E-state index contributed by atoms with van der Waals surface area (Å²) in [4.78, 5) is 12.3. The lowest BCUT2D eigenvalue weighted by molar-refractivity contribution is 0.252. The lowest BCUT2D eigenvalue weighted by atomic mass is 9.97. The first kappa shape index (κ1) is 16.8. The average Bonchev–Trinajstić information content (AvgIpc) is 3.26. The molecule has 0 radical (unpaired) electrons. The fourth-order valence-electron chi connectivity index (χ4n) is 3.82. The van der Waals surface area contributed by atoms with Gasteiger partial charge in [0.15, 0.2) is 0 Å². The Kier molecular flexibility index (Phi) is 4.45. The Morgan fingerprint density at radius 1 is 1.12 bits per heavy atom. The molecule has 0 fully saturated rings. The maximum atomic E-state index is 12.3. The highest BCUT2D eigenvalue weighted by molar-refractivity contribution is 5.91. The van der Waals surface area contributed by atoms with E-state index in [-0.39, 0.29) is 6.03 Å². The topological polar surface area (TPSA) is 59.6 Å². The van der Waals surface area contributed by atoms with Crippen molar-refractivity contribution in [2.75, 3.05) is 25.1 Å². The van der Waals surface area contributed by atoms with Crippen LogP contribution < -0.4 is 20.1 Å². The number of hydrogen-bond acceptors (Lipinski definition) is 3. The fraction of sp³-hybridized carbons (Fsp3) is 0.381. The number of anilines is 1. The number of nitrogens with one attached hydrogen (secondary N) is 2. The summed E-state index contributed by atoms with van der Waals surface area (Å²) in [7, 11) is 0. The van der Waals surface area contributed by atoms with Crippen molar-refractivity contribution < 1.29 is 14.3 Å². The van der Waals surface area contributed by atoms with E-state index in [1.165, 1.54) is 16.7 Å². The van der Waals surface area contributed by atoms with Crippen molar-refractivity contribution in [3.63, 3.8) is 0 Å². The number of ether oxygens (including phenoxy) is 2. The van der Waals surface area contributed by atoms with E-state index in [9.17, 15) is 4.79 Å². The molecule has 2 amide bonds. The van der Waals surface area contributed by atoms with Crippen LogP contribution in [0.4, 0.5) is 10.5 Å². The van der Waals surface area contributed by atoms with Crippen LogP contribution in [0.2, 0.25) is 0 Å². The van der Waals surface area contributed by atoms with Crippen LogP contribution >= 0.6 is 0 Å². The molecular formula is C21H24N2O3. The zero-order valence-corrected chi connectivity index (χ0v) is 15.3. The number of urea groups is 1. The molecule has 2 N–H and O–H groups in total. The highest BCUT2D eigenvalue weighted by atomic mass is 16.5. The van der Waals surface area contributed by atoms with Gasteiger partial charge in [0.25, 0.3) is 0 Å². The van der Waals surface area contributed by atoms with Gasteiger partial charge in [-0.1, -0.05) is 18.2 Å². The van der Waals surface area contributed by atoms with Crippen molar-refractivity contribution in [1.29, 1.82) is 0 Å². The molecule has 0 bridgehead atoms. The SMILES string of the molecule is Cc1cccc(C)c1NC(=O)NCCc1c2c(cc3c1OCC3)OCC2. The van der Waals surface area contributed by atoms with Gasteiger partial charge in [-0.2, -0.15) is 0 Å². The van der Waals surface area contributed by atoms with Crippen LogP contribution in [0.15, 0.2) is 24.3 Å². The van der Waals surface area contributed by atoms with Gasteiger partial charge in [-0.3, -0.25) is 0 Å². The molecule has 0 aromatic heterocycles. The highest BCUT2D eigenvalue weighted by Crippen LogP contribution is 2.40. The Balaban J connectivity index is 1.42. The van der Waals surface area contributed by atoms with Gasteiger partial charge >= 0.3 is 6.03 Å². The van der Waals surface area contributed by atoms with Crippen LogP contribution in [0.1, 0.15) is 27.8 Å². The summed E-state index contributed by atoms with van der Waals surface area (Å²) in [6.45, 7) is 6.01. The molecule has 5 heteroatoms. The zero-order chi connectivity index (χ0) is 18.1. The molecular weight excluding hydrogens is 328 g/mol. The third-order valence-corrected chi connectivity index (χ3v) is 5.14. The van der Waals surface area contributed by atoms with Crippen LogP contribution in [-0.2, 0) is 19.3 Å². The van der Waals surface area contributed by atoms with E-state index in [0.29, 0.717) is 6.54 Å². The van der Waals surface area contributed by atoms with Gasteiger partial charge in [-0.25, -0.2) is 4.79 Å². The summed E-state index contributed by atoms with van der Waals surface area (Å²) in [6.07, 6.45) is 2.59. The Hall–Kier alpha value is -2.69. The third-order valence-electron chi connectivity index (χ3n) is 5.14. The predicted octanol–water partition coefficient (Wildman–Crippen LogP) is 3.54. The fourth-order valence-corrected chi connectivity index (χ4v) is 3.82. The quantitative estimate of drug-likeness (QED) is 0.885. The second-order valence-corrected chi connectivity index (χ2v) is 6.91. The lowest BCUT2D eigenvalue weighted by Gasteiger charge is -2.15. The number of rotatable bonds is 4. The largest absolute Gasteiger partial charge is 0.493 e. The van der Waals surface area contributed by atoms with Crippen molar-refractivity contribution in [1.82, 2.24) is 5.32 Å². The summed E-state index contributed by atoms with van der Waals surface area (Å²) in [5, 5.41) is 5.93. The van der Waals surface area contributed by atoms with E-state index in [2.05, 4.69) is 16.7 Å². The average molecular weight is 352 g/mol. The monoisotopic (exact) mass is 352 g/mol. The Morgan fingerprint density at radius 3 is 2.69 bits per heavy atom. The van der Waals surface area contributed by atoms with Crippen molar-refractivity contribution in [3.05, 3.63) is 52.1 Å². The number of carbonyl (C=O) groups excluding carboxylic acids is 1. The van der Waals surface area contributed by atoms with E-state index in [1.807, 2.05) is 32.0 Å². The van der Waals surface area contributed by atoms with Crippen LogP contribution in [0.5, 0.6) is 11.5 Å².